The molecule has 1 unspecified atom stereocenters. The largest absolute Gasteiger partial charge is 0.371 e. The molecule has 1 spiro atoms. The number of nitrogens with zero attached hydrogens (tertiary/aromatic N) is 1. The van der Waals surface area contributed by atoms with Gasteiger partial charge in [-0.25, -0.2) is 0 Å². The van der Waals surface area contributed by atoms with Crippen molar-refractivity contribution in [3.8, 4) is 0 Å². The molecular formula is C14H19ClN2. The number of halogens is 1. The summed E-state index contributed by atoms with van der Waals surface area (Å²) in [5.41, 5.74) is 3.06. The zero-order chi connectivity index (χ0) is 11.9. The fraction of sp³-hybridized carbons (Fsp3) is 0.571. The van der Waals surface area contributed by atoms with Gasteiger partial charge in [-0.1, -0.05) is 17.7 Å². The van der Waals surface area contributed by atoms with Crippen LogP contribution in [0.15, 0.2) is 18.2 Å². The summed E-state index contributed by atoms with van der Waals surface area (Å²) in [4.78, 5) is 2.51. The van der Waals surface area contributed by atoms with Gasteiger partial charge >= 0.3 is 0 Å². The number of hydrogen-bond acceptors (Lipinski definition) is 2. The van der Waals surface area contributed by atoms with E-state index in [0.29, 0.717) is 5.41 Å². The van der Waals surface area contributed by atoms with Gasteiger partial charge < -0.3 is 10.2 Å². The van der Waals surface area contributed by atoms with Gasteiger partial charge in [0.05, 0.1) is 0 Å². The fourth-order valence-corrected chi connectivity index (χ4v) is 3.39. The van der Waals surface area contributed by atoms with Gasteiger partial charge in [0.15, 0.2) is 0 Å². The molecule has 0 aliphatic carbocycles. The number of benzene rings is 1. The molecule has 2 aliphatic rings. The second-order valence-electron chi connectivity index (χ2n) is 5.48. The van der Waals surface area contributed by atoms with E-state index in [1.807, 2.05) is 6.07 Å². The molecule has 0 saturated carbocycles. The van der Waals surface area contributed by atoms with Crippen molar-refractivity contribution in [2.45, 2.75) is 19.8 Å². The van der Waals surface area contributed by atoms with Crippen molar-refractivity contribution >= 4 is 17.3 Å². The number of rotatable bonds is 1. The topological polar surface area (TPSA) is 15.3 Å². The Balaban J connectivity index is 1.84. The summed E-state index contributed by atoms with van der Waals surface area (Å²) in [5.74, 6) is 0. The molecule has 1 aromatic rings. The molecule has 2 heterocycles. The van der Waals surface area contributed by atoms with Gasteiger partial charge in [0.2, 0.25) is 0 Å². The summed E-state index contributed by atoms with van der Waals surface area (Å²) in [6, 6.07) is 6.23. The van der Waals surface area contributed by atoms with E-state index >= 15 is 0 Å². The van der Waals surface area contributed by atoms with E-state index < -0.39 is 0 Å². The Labute approximate surface area is 108 Å². The highest BCUT2D eigenvalue weighted by molar-refractivity contribution is 6.31. The van der Waals surface area contributed by atoms with Crippen LogP contribution in [0, 0.1) is 12.3 Å². The lowest BCUT2D eigenvalue weighted by Crippen LogP contribution is -2.29. The standard InChI is InChI=1S/C14H19ClN2/c1-11-12(15)3-2-4-13(11)17-8-6-14(10-17)5-7-16-9-14/h2-4,16H,5-10H2,1H3. The average molecular weight is 251 g/mol. The summed E-state index contributed by atoms with van der Waals surface area (Å²) in [6.07, 6.45) is 2.63. The van der Waals surface area contributed by atoms with Crippen LogP contribution in [0.1, 0.15) is 18.4 Å². The molecule has 3 rings (SSSR count). The van der Waals surface area contributed by atoms with Crippen LogP contribution in [0.3, 0.4) is 0 Å². The highest BCUT2D eigenvalue weighted by atomic mass is 35.5. The molecule has 2 fully saturated rings. The third kappa shape index (κ3) is 1.94. The Morgan fingerprint density at radius 1 is 1.35 bits per heavy atom. The molecule has 1 aromatic carbocycles. The molecule has 0 aromatic heterocycles. The summed E-state index contributed by atoms with van der Waals surface area (Å²) < 4.78 is 0. The first kappa shape index (κ1) is 11.4. The Bertz CT molecular complexity index is 424. The maximum atomic E-state index is 6.20. The molecule has 1 N–H and O–H groups in total. The molecule has 0 amide bonds. The second-order valence-corrected chi connectivity index (χ2v) is 5.89. The molecule has 3 heteroatoms. The molecule has 2 aliphatic heterocycles. The molecular weight excluding hydrogens is 232 g/mol. The van der Waals surface area contributed by atoms with Gasteiger partial charge in [-0.2, -0.15) is 0 Å². The monoisotopic (exact) mass is 250 g/mol. The molecule has 0 radical (unpaired) electrons. The van der Waals surface area contributed by atoms with Gasteiger partial charge in [-0.05, 0) is 44.0 Å². The van der Waals surface area contributed by atoms with Gasteiger partial charge in [0.25, 0.3) is 0 Å². The third-order valence-corrected chi connectivity index (χ3v) is 4.76. The summed E-state index contributed by atoms with van der Waals surface area (Å²) in [6.45, 7) is 6.84. The Kier molecular flexibility index (Phi) is 2.80. The van der Waals surface area contributed by atoms with Crippen LogP contribution in [0.2, 0.25) is 5.02 Å². The fourth-order valence-electron chi connectivity index (χ4n) is 3.22. The van der Waals surface area contributed by atoms with E-state index in [4.69, 9.17) is 11.6 Å². The average Bonchev–Trinajstić information content (AvgIpc) is 2.94. The maximum absolute atomic E-state index is 6.20. The number of hydrogen-bond donors (Lipinski definition) is 1. The quantitative estimate of drug-likeness (QED) is 0.825. The summed E-state index contributed by atoms with van der Waals surface area (Å²) in [5, 5.41) is 4.38. The molecule has 2 saturated heterocycles. The highest BCUT2D eigenvalue weighted by Crippen LogP contribution is 2.39. The number of nitrogens with one attached hydrogen (secondary N) is 1. The zero-order valence-corrected chi connectivity index (χ0v) is 11.1. The normalized spacial score (nSPS) is 28.2. The molecule has 1 atom stereocenters. The Morgan fingerprint density at radius 2 is 2.24 bits per heavy atom. The maximum Gasteiger partial charge on any atom is 0.0455 e. The van der Waals surface area contributed by atoms with Crippen molar-refractivity contribution in [1.29, 1.82) is 0 Å². The lowest BCUT2D eigenvalue weighted by atomic mass is 9.86. The lowest BCUT2D eigenvalue weighted by molar-refractivity contribution is 0.369. The van der Waals surface area contributed by atoms with Crippen LogP contribution >= 0.6 is 11.6 Å². The van der Waals surface area contributed by atoms with E-state index in [1.54, 1.807) is 0 Å². The first-order valence-corrected chi connectivity index (χ1v) is 6.79. The predicted octanol–water partition coefficient (Wildman–Crippen LogP) is 2.84. The van der Waals surface area contributed by atoms with Crippen molar-refractivity contribution in [3.05, 3.63) is 28.8 Å². The second kappa shape index (κ2) is 4.18. The Hall–Kier alpha value is -0.730. The van der Waals surface area contributed by atoms with Crippen LogP contribution in [0.4, 0.5) is 5.69 Å². The van der Waals surface area contributed by atoms with Crippen LogP contribution in [-0.2, 0) is 0 Å². The van der Waals surface area contributed by atoms with Crippen molar-refractivity contribution in [1.82, 2.24) is 5.32 Å². The van der Waals surface area contributed by atoms with Crippen LogP contribution in [-0.4, -0.2) is 26.2 Å². The minimum Gasteiger partial charge on any atom is -0.371 e. The van der Waals surface area contributed by atoms with Crippen LogP contribution < -0.4 is 10.2 Å². The minimum atomic E-state index is 0.523. The summed E-state index contributed by atoms with van der Waals surface area (Å²) in [7, 11) is 0. The van der Waals surface area contributed by atoms with Gasteiger partial charge in [-0.15, -0.1) is 0 Å². The van der Waals surface area contributed by atoms with Gasteiger partial charge in [0.1, 0.15) is 0 Å². The number of anilines is 1. The van der Waals surface area contributed by atoms with Crippen molar-refractivity contribution < 1.29 is 0 Å². The minimum absolute atomic E-state index is 0.523. The predicted molar refractivity (Wildman–Crippen MR) is 72.9 cm³/mol. The zero-order valence-electron chi connectivity index (χ0n) is 10.3. The van der Waals surface area contributed by atoms with E-state index in [-0.39, 0.29) is 0 Å². The van der Waals surface area contributed by atoms with Gasteiger partial charge in [-0.3, -0.25) is 0 Å². The van der Waals surface area contributed by atoms with Crippen LogP contribution in [0.5, 0.6) is 0 Å². The van der Waals surface area contributed by atoms with E-state index in [9.17, 15) is 0 Å². The SMILES string of the molecule is Cc1c(Cl)cccc1N1CCC2(CCNC2)C1. The van der Waals surface area contributed by atoms with Crippen molar-refractivity contribution in [2.75, 3.05) is 31.1 Å². The molecule has 0 bridgehead atoms. The van der Waals surface area contributed by atoms with Gasteiger partial charge in [0, 0.05) is 35.8 Å². The van der Waals surface area contributed by atoms with E-state index in [1.165, 1.54) is 50.3 Å². The molecule has 92 valence electrons. The first-order valence-electron chi connectivity index (χ1n) is 6.41. The van der Waals surface area contributed by atoms with Crippen molar-refractivity contribution in [3.63, 3.8) is 0 Å². The van der Waals surface area contributed by atoms with Crippen LogP contribution in [0.25, 0.3) is 0 Å². The first-order chi connectivity index (χ1) is 8.20. The smallest absolute Gasteiger partial charge is 0.0455 e. The molecule has 17 heavy (non-hydrogen) atoms. The van der Waals surface area contributed by atoms with E-state index in [0.717, 1.165) is 5.02 Å². The summed E-state index contributed by atoms with van der Waals surface area (Å²) >= 11 is 6.20. The third-order valence-electron chi connectivity index (χ3n) is 4.35. The highest BCUT2D eigenvalue weighted by Gasteiger charge is 2.40. The Morgan fingerprint density at radius 3 is 3.00 bits per heavy atom. The van der Waals surface area contributed by atoms with Crippen molar-refractivity contribution in [2.24, 2.45) is 5.41 Å². The lowest BCUT2D eigenvalue weighted by Gasteiger charge is -2.25. The molecule has 2 nitrogen and oxygen atoms in total. The van der Waals surface area contributed by atoms with E-state index in [2.05, 4.69) is 29.3 Å².